The van der Waals surface area contributed by atoms with Crippen molar-refractivity contribution in [3.63, 3.8) is 0 Å². The van der Waals surface area contributed by atoms with Crippen LogP contribution in [0.3, 0.4) is 0 Å². The summed E-state index contributed by atoms with van der Waals surface area (Å²) in [6.07, 6.45) is 1.54. The third kappa shape index (κ3) is 9.31. The van der Waals surface area contributed by atoms with Gasteiger partial charge in [-0.2, -0.15) is 10.4 Å². The molecule has 0 saturated carbocycles. The number of Topliss-reactive ketones (excluding diaryl/α,β-unsaturated/α-hetero) is 1. The zero-order valence-corrected chi connectivity index (χ0v) is 26.6. The first-order valence-electron chi connectivity index (χ1n) is 14.4. The minimum atomic E-state index is -3.13. The van der Waals surface area contributed by atoms with E-state index in [4.69, 9.17) is 24.5 Å². The number of nitrogens with one attached hydrogen (secondary N) is 1. The summed E-state index contributed by atoms with van der Waals surface area (Å²) in [5, 5.41) is 17.2. The van der Waals surface area contributed by atoms with Gasteiger partial charge in [0.25, 0.3) is 8.18 Å². The normalized spacial score (nSPS) is 15.7. The van der Waals surface area contributed by atoms with Crippen molar-refractivity contribution in [2.75, 3.05) is 26.1 Å². The molecule has 2 aromatic rings. The van der Waals surface area contributed by atoms with Crippen LogP contribution in [0.15, 0.2) is 18.5 Å². The molecule has 0 spiro atoms. The zero-order valence-electron chi connectivity index (χ0n) is 25.6. The average Bonchev–Trinajstić information content (AvgIpc) is 3.45. The van der Waals surface area contributed by atoms with Gasteiger partial charge in [-0.05, 0) is 25.0 Å². The first-order chi connectivity index (χ1) is 20.5. The Bertz CT molecular complexity index is 1310. The van der Waals surface area contributed by atoms with Crippen molar-refractivity contribution < 1.29 is 37.7 Å². The number of hydrogen-bond donors (Lipinski definition) is 2. The number of rotatable bonds is 19. The number of ketones is 1. The van der Waals surface area contributed by atoms with Crippen LogP contribution in [-0.2, 0) is 37.7 Å². The Morgan fingerprint density at radius 2 is 1.88 bits per heavy atom. The van der Waals surface area contributed by atoms with Gasteiger partial charge in [-0.15, -0.1) is 0 Å². The van der Waals surface area contributed by atoms with Crippen molar-refractivity contribution in [1.29, 1.82) is 5.26 Å². The summed E-state index contributed by atoms with van der Waals surface area (Å²) in [6.45, 7) is 8.38. The summed E-state index contributed by atoms with van der Waals surface area (Å²) in [5.74, 6) is -1.98. The molecule has 0 fully saturated rings. The minimum absolute atomic E-state index is 0.0320. The highest BCUT2D eigenvalue weighted by Crippen LogP contribution is 2.37. The van der Waals surface area contributed by atoms with Gasteiger partial charge >= 0.3 is 11.9 Å². The molecule has 2 heterocycles. The summed E-state index contributed by atoms with van der Waals surface area (Å²) in [6, 6.07) is 4.36. The fourth-order valence-electron chi connectivity index (χ4n) is 4.44. The van der Waals surface area contributed by atoms with E-state index in [0.717, 1.165) is 12.8 Å². The third-order valence-electron chi connectivity index (χ3n) is 7.38. The zero-order chi connectivity index (χ0) is 32.2. The van der Waals surface area contributed by atoms with E-state index in [9.17, 15) is 24.2 Å². The van der Waals surface area contributed by atoms with Gasteiger partial charge in [0.1, 0.15) is 36.3 Å². The number of nitrogens with zero attached hydrogens (tertiary/aromatic N) is 4. The van der Waals surface area contributed by atoms with E-state index in [-0.39, 0.29) is 43.4 Å². The van der Waals surface area contributed by atoms with Crippen LogP contribution in [0, 0.1) is 17.2 Å². The first-order valence-corrected chi connectivity index (χ1v) is 15.7. The highest BCUT2D eigenvalue weighted by atomic mass is 31.1. The topological polar surface area (TPSA) is 197 Å². The van der Waals surface area contributed by atoms with Gasteiger partial charge in [0.2, 0.25) is 5.60 Å². The lowest BCUT2D eigenvalue weighted by molar-refractivity contribution is -0.169. The first kappa shape index (κ1) is 35.8. The summed E-state index contributed by atoms with van der Waals surface area (Å²) in [7, 11) is -1.91. The highest BCUT2D eigenvalue weighted by molar-refractivity contribution is 7.36. The van der Waals surface area contributed by atoms with Gasteiger partial charge in [0, 0.05) is 32.3 Å². The van der Waals surface area contributed by atoms with E-state index in [1.807, 2.05) is 19.9 Å². The Kier molecular flexibility index (Phi) is 14.2. The second kappa shape index (κ2) is 17.1. The maximum Gasteiger partial charge on any atom is 0.323 e. The largest absolute Gasteiger partial charge is 0.464 e. The third-order valence-corrected chi connectivity index (χ3v) is 8.46. The molecule has 15 heteroatoms. The number of anilines is 1. The Balaban J connectivity index is 2.40. The van der Waals surface area contributed by atoms with Crippen LogP contribution in [-0.4, -0.2) is 70.4 Å². The standard InChI is InChI=1S/C28H43N6O8P/c1-7-19(8-2)14-40-27(37)18(5)33-43(38)41-16-28(15-29,39-6)25(42-24(36)10-4)21(13-20(35)9-3)22-11-12-23-26(30)31-17-32-34(22)23/h11-12,17-19,21,25,43H,7-10,13-14,16H2,1-6H3,(H,33,38)(H2,30,31,32)/t18-,21-,25-,28+/m0/s1. The monoisotopic (exact) mass is 622 g/mol. The number of carbonyl (C=O) groups is 3. The molecule has 5 atom stereocenters. The van der Waals surface area contributed by atoms with Crippen LogP contribution >= 0.6 is 8.18 Å². The highest BCUT2D eigenvalue weighted by Gasteiger charge is 2.49. The fourth-order valence-corrected chi connectivity index (χ4v) is 5.34. The molecule has 2 aromatic heterocycles. The number of hydrogen-bond acceptors (Lipinski definition) is 12. The molecule has 0 aliphatic carbocycles. The number of aromatic nitrogens is 3. The molecule has 0 aliphatic rings. The smallest absolute Gasteiger partial charge is 0.323 e. The van der Waals surface area contributed by atoms with E-state index in [2.05, 4.69) is 15.2 Å². The summed E-state index contributed by atoms with van der Waals surface area (Å²) in [4.78, 5) is 41.9. The molecule has 0 radical (unpaired) electrons. The molecule has 0 aromatic carbocycles. The molecule has 0 bridgehead atoms. The Morgan fingerprint density at radius 3 is 2.47 bits per heavy atom. The predicted octanol–water partition coefficient (Wildman–Crippen LogP) is 3.36. The van der Waals surface area contributed by atoms with Crippen molar-refractivity contribution in [2.45, 2.75) is 90.4 Å². The Hall–Kier alpha value is -3.37. The van der Waals surface area contributed by atoms with Crippen molar-refractivity contribution in [2.24, 2.45) is 5.92 Å². The van der Waals surface area contributed by atoms with E-state index < -0.39 is 50.4 Å². The molecule has 43 heavy (non-hydrogen) atoms. The van der Waals surface area contributed by atoms with Gasteiger partial charge in [-0.3, -0.25) is 18.9 Å². The number of ether oxygens (including phenoxy) is 3. The second-order valence-electron chi connectivity index (χ2n) is 10.1. The summed E-state index contributed by atoms with van der Waals surface area (Å²) >= 11 is 0. The average molecular weight is 623 g/mol. The molecule has 238 valence electrons. The van der Waals surface area contributed by atoms with Crippen LogP contribution < -0.4 is 10.8 Å². The SMILES string of the molecule is CCC(=O)C[C@@H](c1ccc2c(N)ncnn12)[C@H](OC(=O)CC)[C@@](C#N)(CO[PH](=O)N[C@@H](C)C(=O)OCC(CC)CC)OC. The molecule has 3 N–H and O–H groups in total. The molecular formula is C28H43N6O8P. The molecule has 0 amide bonds. The van der Waals surface area contributed by atoms with Gasteiger partial charge in [-0.25, -0.2) is 14.6 Å². The van der Waals surface area contributed by atoms with Crippen molar-refractivity contribution in [3.05, 3.63) is 24.2 Å². The van der Waals surface area contributed by atoms with Crippen molar-refractivity contribution in [3.8, 4) is 6.07 Å². The van der Waals surface area contributed by atoms with Gasteiger partial charge in [0.05, 0.1) is 12.3 Å². The lowest BCUT2D eigenvalue weighted by Gasteiger charge is -2.37. The number of fused-ring (bicyclic) bond motifs is 1. The van der Waals surface area contributed by atoms with Crippen LogP contribution in [0.1, 0.15) is 78.3 Å². The maximum atomic E-state index is 12.9. The van der Waals surface area contributed by atoms with E-state index in [0.29, 0.717) is 11.2 Å². The van der Waals surface area contributed by atoms with Crippen LogP contribution in [0.25, 0.3) is 5.52 Å². The molecule has 2 rings (SSSR count). The van der Waals surface area contributed by atoms with Crippen molar-refractivity contribution >= 4 is 37.2 Å². The fraction of sp³-hybridized carbons (Fsp3) is 0.643. The molecule has 0 aliphatic heterocycles. The summed E-state index contributed by atoms with van der Waals surface area (Å²) in [5.41, 5.74) is 4.85. The number of esters is 2. The molecular weight excluding hydrogens is 579 g/mol. The maximum absolute atomic E-state index is 12.9. The summed E-state index contributed by atoms with van der Waals surface area (Å²) < 4.78 is 36.6. The quantitative estimate of drug-likeness (QED) is 0.171. The molecule has 1 unspecified atom stereocenters. The molecule has 0 saturated heterocycles. The van der Waals surface area contributed by atoms with Crippen LogP contribution in [0.4, 0.5) is 5.82 Å². The number of nitriles is 1. The number of nitrogens with two attached hydrogens (primary N) is 1. The number of carbonyl (C=O) groups excluding carboxylic acids is 3. The van der Waals surface area contributed by atoms with Crippen LogP contribution in [0.2, 0.25) is 0 Å². The number of methoxy groups -OCH3 is 1. The predicted molar refractivity (Wildman–Crippen MR) is 158 cm³/mol. The van der Waals surface area contributed by atoms with Gasteiger partial charge in [-0.1, -0.05) is 40.5 Å². The second-order valence-corrected chi connectivity index (χ2v) is 11.3. The van der Waals surface area contributed by atoms with E-state index in [1.165, 1.54) is 24.9 Å². The lowest BCUT2D eigenvalue weighted by Crippen LogP contribution is -2.52. The van der Waals surface area contributed by atoms with Gasteiger partial charge < -0.3 is 24.5 Å². The minimum Gasteiger partial charge on any atom is -0.464 e. The Labute approximate surface area is 252 Å². The van der Waals surface area contributed by atoms with Crippen molar-refractivity contribution in [1.82, 2.24) is 19.7 Å². The molecule has 14 nitrogen and oxygen atoms in total. The van der Waals surface area contributed by atoms with Crippen LogP contribution in [0.5, 0.6) is 0 Å². The van der Waals surface area contributed by atoms with E-state index >= 15 is 0 Å². The lowest BCUT2D eigenvalue weighted by atomic mass is 9.82. The Morgan fingerprint density at radius 1 is 1.19 bits per heavy atom. The number of nitrogen functional groups attached to an aromatic ring is 1. The van der Waals surface area contributed by atoms with Gasteiger partial charge in [0.15, 0.2) is 11.9 Å². The van der Waals surface area contributed by atoms with E-state index in [1.54, 1.807) is 26.0 Å².